The van der Waals surface area contributed by atoms with Crippen LogP contribution in [-0.4, -0.2) is 61.5 Å². The van der Waals surface area contributed by atoms with Gasteiger partial charge in [-0.3, -0.25) is 4.90 Å². The van der Waals surface area contributed by atoms with Gasteiger partial charge in [-0.15, -0.1) is 0 Å². The molecule has 2 aliphatic heterocycles. The maximum absolute atomic E-state index is 10.3. The molecule has 2 aliphatic rings. The number of aliphatic hydroxyl groups is 1. The Balaban J connectivity index is 1.58. The first-order chi connectivity index (χ1) is 9.33. The number of piperazine rings is 1. The van der Waals surface area contributed by atoms with Crippen molar-refractivity contribution in [2.45, 2.75) is 12.2 Å². The Morgan fingerprint density at radius 1 is 1.26 bits per heavy atom. The predicted molar refractivity (Wildman–Crippen MR) is 71.7 cm³/mol. The van der Waals surface area contributed by atoms with E-state index in [1.54, 1.807) is 0 Å². The Kier molecular flexibility index (Phi) is 3.87. The highest BCUT2D eigenvalue weighted by molar-refractivity contribution is 5.40. The topological polar surface area (TPSA) is 54.0 Å². The molecule has 0 spiro atoms. The van der Waals surface area contributed by atoms with Crippen LogP contribution in [0.1, 0.15) is 0 Å². The van der Waals surface area contributed by atoms with Gasteiger partial charge in [0.1, 0.15) is 12.7 Å². The molecular weight excluding hydrogens is 244 g/mol. The molecule has 1 fully saturated rings. The number of hydrogen-bond donors (Lipinski definition) is 2. The molecule has 0 aromatic heterocycles. The molecule has 2 N–H and O–H groups in total. The fourth-order valence-electron chi connectivity index (χ4n) is 2.50. The zero-order valence-corrected chi connectivity index (χ0v) is 10.9. The summed E-state index contributed by atoms with van der Waals surface area (Å²) in [6, 6.07) is 7.58. The molecule has 5 heteroatoms. The van der Waals surface area contributed by atoms with E-state index in [1.165, 1.54) is 0 Å². The van der Waals surface area contributed by atoms with Crippen molar-refractivity contribution in [2.75, 3.05) is 39.3 Å². The highest BCUT2D eigenvalue weighted by Gasteiger charge is 2.29. The molecule has 1 aromatic rings. The molecule has 19 heavy (non-hydrogen) atoms. The summed E-state index contributed by atoms with van der Waals surface area (Å²) >= 11 is 0. The number of para-hydroxylation sites is 2. The fourth-order valence-corrected chi connectivity index (χ4v) is 2.50. The van der Waals surface area contributed by atoms with E-state index >= 15 is 0 Å². The van der Waals surface area contributed by atoms with E-state index < -0.39 is 6.10 Å². The van der Waals surface area contributed by atoms with Crippen LogP contribution in [0.4, 0.5) is 0 Å². The van der Waals surface area contributed by atoms with Crippen molar-refractivity contribution < 1.29 is 14.6 Å². The smallest absolute Gasteiger partial charge is 0.161 e. The van der Waals surface area contributed by atoms with Crippen molar-refractivity contribution in [3.63, 3.8) is 0 Å². The van der Waals surface area contributed by atoms with Crippen LogP contribution in [0.5, 0.6) is 11.5 Å². The first kappa shape index (κ1) is 12.7. The van der Waals surface area contributed by atoms with Gasteiger partial charge >= 0.3 is 0 Å². The van der Waals surface area contributed by atoms with Crippen LogP contribution in [0, 0.1) is 0 Å². The van der Waals surface area contributed by atoms with Crippen LogP contribution >= 0.6 is 0 Å². The van der Waals surface area contributed by atoms with Crippen molar-refractivity contribution in [2.24, 2.45) is 0 Å². The number of hydrogen-bond acceptors (Lipinski definition) is 5. The van der Waals surface area contributed by atoms with Gasteiger partial charge < -0.3 is 19.9 Å². The van der Waals surface area contributed by atoms with Crippen molar-refractivity contribution in [1.82, 2.24) is 10.2 Å². The van der Waals surface area contributed by atoms with Gasteiger partial charge in [0, 0.05) is 32.7 Å². The van der Waals surface area contributed by atoms with Crippen LogP contribution < -0.4 is 14.8 Å². The summed E-state index contributed by atoms with van der Waals surface area (Å²) in [5.41, 5.74) is 0. The molecule has 0 radical (unpaired) electrons. The van der Waals surface area contributed by atoms with E-state index in [2.05, 4.69) is 10.2 Å². The second kappa shape index (κ2) is 5.77. The van der Waals surface area contributed by atoms with Crippen molar-refractivity contribution >= 4 is 0 Å². The standard InChI is InChI=1S/C14H20N2O3/c17-11(9-16-7-5-15-6-8-16)14-10-18-12-3-1-2-4-13(12)19-14/h1-4,11,14-15,17H,5-10H2. The number of β-amino-alcohol motifs (C(OH)–C–C–N with tert-alkyl or cyclic N) is 1. The maximum atomic E-state index is 10.3. The SMILES string of the molecule is OC(CN1CCNCC1)C1COc2ccccc2O1. The quantitative estimate of drug-likeness (QED) is 0.810. The molecule has 104 valence electrons. The summed E-state index contributed by atoms with van der Waals surface area (Å²) in [4.78, 5) is 2.25. The van der Waals surface area contributed by atoms with Crippen LogP contribution in [0.25, 0.3) is 0 Å². The third-order valence-corrected chi connectivity index (χ3v) is 3.61. The van der Waals surface area contributed by atoms with Crippen molar-refractivity contribution in [3.8, 4) is 11.5 Å². The lowest BCUT2D eigenvalue weighted by atomic mass is 10.1. The second-order valence-electron chi connectivity index (χ2n) is 5.03. The predicted octanol–water partition coefficient (Wildman–Crippen LogP) is 0.0925. The van der Waals surface area contributed by atoms with Crippen molar-refractivity contribution in [1.29, 1.82) is 0 Å². The van der Waals surface area contributed by atoms with Gasteiger partial charge in [0.25, 0.3) is 0 Å². The second-order valence-corrected chi connectivity index (χ2v) is 5.03. The summed E-state index contributed by atoms with van der Waals surface area (Å²) < 4.78 is 11.4. The number of benzene rings is 1. The summed E-state index contributed by atoms with van der Waals surface area (Å²) in [5, 5.41) is 13.6. The molecule has 1 saturated heterocycles. The summed E-state index contributed by atoms with van der Waals surface area (Å²) in [5.74, 6) is 1.48. The lowest BCUT2D eigenvalue weighted by Gasteiger charge is -2.34. The number of nitrogens with zero attached hydrogens (tertiary/aromatic N) is 1. The molecule has 1 aromatic carbocycles. The van der Waals surface area contributed by atoms with E-state index in [-0.39, 0.29) is 6.10 Å². The molecule has 0 amide bonds. The molecular formula is C14H20N2O3. The van der Waals surface area contributed by atoms with Crippen LogP contribution in [-0.2, 0) is 0 Å². The van der Waals surface area contributed by atoms with E-state index in [0.29, 0.717) is 13.2 Å². The Hall–Kier alpha value is -1.30. The number of nitrogens with one attached hydrogen (secondary N) is 1. The van der Waals surface area contributed by atoms with Crippen LogP contribution in [0.3, 0.4) is 0 Å². The van der Waals surface area contributed by atoms with E-state index in [0.717, 1.165) is 37.7 Å². The Morgan fingerprint density at radius 3 is 2.79 bits per heavy atom. The summed E-state index contributed by atoms with van der Waals surface area (Å²) in [6.07, 6.45) is -0.809. The van der Waals surface area contributed by atoms with E-state index in [4.69, 9.17) is 9.47 Å². The minimum Gasteiger partial charge on any atom is -0.486 e. The molecule has 2 atom stereocenters. The summed E-state index contributed by atoms with van der Waals surface area (Å²) in [6.45, 7) is 4.96. The Labute approximate surface area is 113 Å². The normalized spacial score (nSPS) is 25.0. The maximum Gasteiger partial charge on any atom is 0.161 e. The van der Waals surface area contributed by atoms with E-state index in [9.17, 15) is 5.11 Å². The Bertz CT molecular complexity index is 421. The minimum absolute atomic E-state index is 0.287. The van der Waals surface area contributed by atoms with Gasteiger partial charge in [-0.1, -0.05) is 12.1 Å². The van der Waals surface area contributed by atoms with Gasteiger partial charge in [0.05, 0.1) is 0 Å². The highest BCUT2D eigenvalue weighted by atomic mass is 16.6. The zero-order valence-electron chi connectivity index (χ0n) is 10.9. The van der Waals surface area contributed by atoms with Crippen molar-refractivity contribution in [3.05, 3.63) is 24.3 Å². The number of ether oxygens (including phenoxy) is 2. The Morgan fingerprint density at radius 2 is 2.00 bits per heavy atom. The van der Waals surface area contributed by atoms with Crippen LogP contribution in [0.15, 0.2) is 24.3 Å². The lowest BCUT2D eigenvalue weighted by molar-refractivity contribution is -0.0266. The number of fused-ring (bicyclic) bond motifs is 1. The molecule has 0 aliphatic carbocycles. The monoisotopic (exact) mass is 264 g/mol. The van der Waals surface area contributed by atoms with Gasteiger partial charge in [-0.2, -0.15) is 0 Å². The number of rotatable bonds is 3. The largest absolute Gasteiger partial charge is 0.486 e. The van der Waals surface area contributed by atoms with Gasteiger partial charge in [-0.25, -0.2) is 0 Å². The average Bonchev–Trinajstić information content (AvgIpc) is 2.48. The first-order valence-electron chi connectivity index (χ1n) is 6.82. The highest BCUT2D eigenvalue weighted by Crippen LogP contribution is 2.31. The third kappa shape index (κ3) is 3.00. The fraction of sp³-hybridized carbons (Fsp3) is 0.571. The average molecular weight is 264 g/mol. The third-order valence-electron chi connectivity index (χ3n) is 3.61. The van der Waals surface area contributed by atoms with E-state index in [1.807, 2.05) is 24.3 Å². The zero-order chi connectivity index (χ0) is 13.1. The lowest BCUT2D eigenvalue weighted by Crippen LogP contribution is -2.51. The minimum atomic E-state index is -0.522. The molecule has 0 saturated carbocycles. The molecule has 5 nitrogen and oxygen atoms in total. The first-order valence-corrected chi connectivity index (χ1v) is 6.82. The summed E-state index contributed by atoms with van der Waals surface area (Å²) in [7, 11) is 0. The molecule has 2 heterocycles. The number of aliphatic hydroxyl groups excluding tert-OH is 1. The van der Waals surface area contributed by atoms with Crippen LogP contribution in [0.2, 0.25) is 0 Å². The van der Waals surface area contributed by atoms with Gasteiger partial charge in [-0.05, 0) is 12.1 Å². The molecule has 0 bridgehead atoms. The van der Waals surface area contributed by atoms with Gasteiger partial charge in [0.2, 0.25) is 0 Å². The van der Waals surface area contributed by atoms with Gasteiger partial charge in [0.15, 0.2) is 17.6 Å². The molecule has 3 rings (SSSR count). The molecule has 2 unspecified atom stereocenters.